The zero-order valence-corrected chi connectivity index (χ0v) is 10.7. The van der Waals surface area contributed by atoms with E-state index in [9.17, 15) is 14.9 Å². The summed E-state index contributed by atoms with van der Waals surface area (Å²) in [5.74, 6) is -0.257. The molecule has 1 amide bonds. The van der Waals surface area contributed by atoms with Crippen molar-refractivity contribution in [2.24, 2.45) is 5.73 Å². The highest BCUT2D eigenvalue weighted by Crippen LogP contribution is 2.11. The second kappa shape index (κ2) is 7.45. The van der Waals surface area contributed by atoms with Crippen LogP contribution in [0.3, 0.4) is 0 Å². The Kier molecular flexibility index (Phi) is 5.91. The fourth-order valence-electron chi connectivity index (χ4n) is 1.54. The summed E-state index contributed by atoms with van der Waals surface area (Å²) in [6.45, 7) is 0.552. The van der Waals surface area contributed by atoms with Crippen molar-refractivity contribution in [3.05, 3.63) is 39.9 Å². The molecule has 0 bridgehead atoms. The van der Waals surface area contributed by atoms with Gasteiger partial charge in [0.05, 0.1) is 4.92 Å². The van der Waals surface area contributed by atoms with E-state index in [0.717, 1.165) is 5.56 Å². The fraction of sp³-hybridized carbons (Fsp3) is 0.417. The molecule has 0 spiro atoms. The van der Waals surface area contributed by atoms with Crippen LogP contribution in [-0.2, 0) is 16.0 Å². The topological polar surface area (TPSA) is 107 Å². The molecule has 0 saturated heterocycles. The summed E-state index contributed by atoms with van der Waals surface area (Å²) in [6.07, 6.45) is -0.0538. The van der Waals surface area contributed by atoms with Crippen molar-refractivity contribution in [3.63, 3.8) is 0 Å². The van der Waals surface area contributed by atoms with Crippen molar-refractivity contribution in [1.82, 2.24) is 5.32 Å². The van der Waals surface area contributed by atoms with E-state index in [2.05, 4.69) is 5.32 Å². The normalized spacial score (nSPS) is 11.9. The van der Waals surface area contributed by atoms with Crippen molar-refractivity contribution >= 4 is 11.6 Å². The summed E-state index contributed by atoms with van der Waals surface area (Å²) in [5.41, 5.74) is 6.32. The van der Waals surface area contributed by atoms with Gasteiger partial charge in [0, 0.05) is 32.3 Å². The molecule has 0 aliphatic heterocycles. The number of carbonyl (C=O) groups excluding carboxylic acids is 1. The van der Waals surface area contributed by atoms with Gasteiger partial charge in [-0.25, -0.2) is 0 Å². The smallest absolute Gasteiger partial charge is 0.269 e. The van der Waals surface area contributed by atoms with Crippen LogP contribution in [-0.4, -0.2) is 37.1 Å². The number of amides is 1. The molecule has 0 aromatic heterocycles. The Balaban J connectivity index is 2.41. The van der Waals surface area contributed by atoms with E-state index in [1.165, 1.54) is 19.2 Å². The number of nitro groups is 1. The van der Waals surface area contributed by atoms with E-state index in [4.69, 9.17) is 10.5 Å². The van der Waals surface area contributed by atoms with Gasteiger partial charge in [-0.1, -0.05) is 12.1 Å². The first-order valence-corrected chi connectivity index (χ1v) is 5.82. The molecule has 0 radical (unpaired) electrons. The van der Waals surface area contributed by atoms with Crippen LogP contribution >= 0.6 is 0 Å². The Morgan fingerprint density at radius 2 is 2.11 bits per heavy atom. The molecule has 1 unspecified atom stereocenters. The van der Waals surface area contributed by atoms with Gasteiger partial charge in [0.25, 0.3) is 5.69 Å². The Labute approximate surface area is 110 Å². The summed E-state index contributed by atoms with van der Waals surface area (Å²) in [5, 5.41) is 13.2. The second-order valence-electron chi connectivity index (χ2n) is 3.92. The molecule has 0 fully saturated rings. The van der Waals surface area contributed by atoms with Gasteiger partial charge < -0.3 is 15.8 Å². The summed E-state index contributed by atoms with van der Waals surface area (Å²) < 4.78 is 4.89. The average molecular weight is 267 g/mol. The van der Waals surface area contributed by atoms with Gasteiger partial charge in [-0.3, -0.25) is 14.9 Å². The molecule has 1 atom stereocenters. The standard InChI is InChI=1S/C12H17N3O4/c1-19-11(8-13)12(16)14-7-6-9-2-4-10(5-3-9)15(17)18/h2-5,11H,6-8,13H2,1H3,(H,14,16). The molecule has 0 aliphatic carbocycles. The molecule has 1 rings (SSSR count). The van der Waals surface area contributed by atoms with Gasteiger partial charge in [0.15, 0.2) is 0 Å². The largest absolute Gasteiger partial charge is 0.370 e. The number of ether oxygens (including phenoxy) is 1. The number of carbonyl (C=O) groups is 1. The van der Waals surface area contributed by atoms with Crippen molar-refractivity contribution in [3.8, 4) is 0 Å². The van der Waals surface area contributed by atoms with Crippen molar-refractivity contribution in [1.29, 1.82) is 0 Å². The SMILES string of the molecule is COC(CN)C(=O)NCCc1ccc([N+](=O)[O-])cc1. The van der Waals surface area contributed by atoms with Crippen LogP contribution in [0.15, 0.2) is 24.3 Å². The number of methoxy groups -OCH3 is 1. The van der Waals surface area contributed by atoms with Crippen LogP contribution in [0.2, 0.25) is 0 Å². The van der Waals surface area contributed by atoms with Gasteiger partial charge in [-0.2, -0.15) is 0 Å². The first kappa shape index (κ1) is 15.1. The average Bonchev–Trinajstić information content (AvgIpc) is 2.40. The molecule has 0 aliphatic rings. The third kappa shape index (κ3) is 4.65. The molecular weight excluding hydrogens is 250 g/mol. The zero-order chi connectivity index (χ0) is 14.3. The number of hydrogen-bond donors (Lipinski definition) is 2. The molecule has 7 nitrogen and oxygen atoms in total. The van der Waals surface area contributed by atoms with Crippen molar-refractivity contribution in [2.75, 3.05) is 20.2 Å². The Morgan fingerprint density at radius 1 is 1.47 bits per heavy atom. The van der Waals surface area contributed by atoms with Crippen LogP contribution in [0.25, 0.3) is 0 Å². The van der Waals surface area contributed by atoms with Crippen LogP contribution < -0.4 is 11.1 Å². The minimum atomic E-state index is -0.642. The maximum absolute atomic E-state index is 11.5. The third-order valence-corrected chi connectivity index (χ3v) is 2.65. The number of rotatable bonds is 7. The molecule has 3 N–H and O–H groups in total. The second-order valence-corrected chi connectivity index (χ2v) is 3.92. The number of nitrogens with zero attached hydrogens (tertiary/aromatic N) is 1. The number of nitrogens with two attached hydrogens (primary N) is 1. The predicted molar refractivity (Wildman–Crippen MR) is 69.7 cm³/mol. The Morgan fingerprint density at radius 3 is 2.58 bits per heavy atom. The number of benzene rings is 1. The molecule has 7 heteroatoms. The van der Waals surface area contributed by atoms with E-state index in [1.54, 1.807) is 12.1 Å². The van der Waals surface area contributed by atoms with Crippen molar-refractivity contribution in [2.45, 2.75) is 12.5 Å². The maximum Gasteiger partial charge on any atom is 0.269 e. The highest BCUT2D eigenvalue weighted by molar-refractivity contribution is 5.80. The molecular formula is C12H17N3O4. The first-order valence-electron chi connectivity index (χ1n) is 5.82. The molecule has 0 saturated carbocycles. The number of nitrogens with one attached hydrogen (secondary N) is 1. The summed E-state index contributed by atoms with van der Waals surface area (Å²) in [4.78, 5) is 21.6. The minimum absolute atomic E-state index is 0.0513. The minimum Gasteiger partial charge on any atom is -0.370 e. The molecule has 104 valence electrons. The monoisotopic (exact) mass is 267 g/mol. The fourth-order valence-corrected chi connectivity index (χ4v) is 1.54. The molecule has 19 heavy (non-hydrogen) atoms. The van der Waals surface area contributed by atoms with Crippen LogP contribution in [0.4, 0.5) is 5.69 Å². The van der Waals surface area contributed by atoms with E-state index in [0.29, 0.717) is 13.0 Å². The molecule has 1 aromatic carbocycles. The highest BCUT2D eigenvalue weighted by Gasteiger charge is 2.14. The highest BCUT2D eigenvalue weighted by atomic mass is 16.6. The van der Waals surface area contributed by atoms with E-state index in [1.807, 2.05) is 0 Å². The van der Waals surface area contributed by atoms with Gasteiger partial charge in [-0.05, 0) is 12.0 Å². The first-order chi connectivity index (χ1) is 9.08. The summed E-state index contributed by atoms with van der Waals surface area (Å²) in [7, 11) is 1.42. The Hall–Kier alpha value is -1.99. The maximum atomic E-state index is 11.5. The van der Waals surface area contributed by atoms with E-state index >= 15 is 0 Å². The predicted octanol–water partition coefficient (Wildman–Crippen LogP) is 0.227. The van der Waals surface area contributed by atoms with E-state index in [-0.39, 0.29) is 18.1 Å². The van der Waals surface area contributed by atoms with Gasteiger partial charge in [0.1, 0.15) is 6.10 Å². The lowest BCUT2D eigenvalue weighted by Gasteiger charge is -2.12. The third-order valence-electron chi connectivity index (χ3n) is 2.65. The number of nitro benzene ring substituents is 1. The van der Waals surface area contributed by atoms with E-state index < -0.39 is 11.0 Å². The summed E-state index contributed by atoms with van der Waals surface area (Å²) >= 11 is 0. The quantitative estimate of drug-likeness (QED) is 0.543. The van der Waals surface area contributed by atoms with Crippen molar-refractivity contribution < 1.29 is 14.5 Å². The van der Waals surface area contributed by atoms with Crippen LogP contribution in [0, 0.1) is 10.1 Å². The molecule has 0 heterocycles. The van der Waals surface area contributed by atoms with Gasteiger partial charge in [-0.15, -0.1) is 0 Å². The number of hydrogen-bond acceptors (Lipinski definition) is 5. The summed E-state index contributed by atoms with van der Waals surface area (Å²) in [6, 6.07) is 6.21. The number of non-ortho nitro benzene ring substituents is 1. The van der Waals surface area contributed by atoms with Gasteiger partial charge >= 0.3 is 0 Å². The van der Waals surface area contributed by atoms with Crippen LogP contribution in [0.5, 0.6) is 0 Å². The van der Waals surface area contributed by atoms with Gasteiger partial charge in [0.2, 0.25) is 5.91 Å². The lowest BCUT2D eigenvalue weighted by Crippen LogP contribution is -2.41. The van der Waals surface area contributed by atoms with Crippen LogP contribution in [0.1, 0.15) is 5.56 Å². The lowest BCUT2D eigenvalue weighted by molar-refractivity contribution is -0.384. The molecule has 1 aromatic rings. The lowest BCUT2D eigenvalue weighted by atomic mass is 10.1. The Bertz CT molecular complexity index is 429. The zero-order valence-electron chi connectivity index (χ0n) is 10.7.